The summed E-state index contributed by atoms with van der Waals surface area (Å²) in [4.78, 5) is 11.2. The van der Waals surface area contributed by atoms with Crippen LogP contribution in [0.5, 0.6) is 0 Å². The van der Waals surface area contributed by atoms with Gasteiger partial charge in [0.2, 0.25) is 0 Å². The molecule has 5 heteroatoms. The zero-order valence-corrected chi connectivity index (χ0v) is 9.76. The van der Waals surface area contributed by atoms with Crippen LogP contribution in [0.3, 0.4) is 0 Å². The molecule has 15 heavy (non-hydrogen) atoms. The van der Waals surface area contributed by atoms with E-state index in [9.17, 15) is 4.79 Å². The van der Waals surface area contributed by atoms with Gasteiger partial charge in [0.1, 0.15) is 6.07 Å². The van der Waals surface area contributed by atoms with Crippen molar-refractivity contribution in [3.63, 3.8) is 0 Å². The van der Waals surface area contributed by atoms with Crippen LogP contribution in [0.15, 0.2) is 22.7 Å². The molecule has 1 aromatic carbocycles. The minimum atomic E-state index is -0.274. The SMILES string of the molecule is CCNC(=O)Nc1ccc(Br)c(C#N)c1. The Balaban J connectivity index is 2.80. The molecule has 0 bridgehead atoms. The number of hydrogen-bond donors (Lipinski definition) is 2. The summed E-state index contributed by atoms with van der Waals surface area (Å²) < 4.78 is 0.714. The molecule has 0 aliphatic rings. The molecule has 0 aliphatic carbocycles. The van der Waals surface area contributed by atoms with Gasteiger partial charge < -0.3 is 10.6 Å². The molecule has 1 aromatic rings. The number of nitrogens with zero attached hydrogens (tertiary/aromatic N) is 1. The van der Waals surface area contributed by atoms with Gasteiger partial charge in [0.15, 0.2) is 0 Å². The lowest BCUT2D eigenvalue weighted by molar-refractivity contribution is 0.252. The minimum Gasteiger partial charge on any atom is -0.338 e. The highest BCUT2D eigenvalue weighted by Gasteiger charge is 2.03. The first kappa shape index (κ1) is 11.5. The maximum atomic E-state index is 11.2. The van der Waals surface area contributed by atoms with E-state index >= 15 is 0 Å². The Bertz CT molecular complexity index is 412. The highest BCUT2D eigenvalue weighted by atomic mass is 79.9. The molecule has 1 rings (SSSR count). The summed E-state index contributed by atoms with van der Waals surface area (Å²) in [5, 5.41) is 14.0. The van der Waals surface area contributed by atoms with Gasteiger partial charge in [-0.3, -0.25) is 0 Å². The second-order valence-electron chi connectivity index (χ2n) is 2.79. The Morgan fingerprint density at radius 3 is 2.93 bits per heavy atom. The van der Waals surface area contributed by atoms with Crippen molar-refractivity contribution < 1.29 is 4.79 Å². The molecule has 0 saturated carbocycles. The predicted octanol–water partition coefficient (Wildman–Crippen LogP) is 2.46. The molecule has 4 nitrogen and oxygen atoms in total. The van der Waals surface area contributed by atoms with Crippen LogP contribution in [0.1, 0.15) is 12.5 Å². The van der Waals surface area contributed by atoms with E-state index in [0.29, 0.717) is 22.3 Å². The van der Waals surface area contributed by atoms with Gasteiger partial charge in [-0.1, -0.05) is 0 Å². The number of amides is 2. The first-order valence-corrected chi connectivity index (χ1v) is 5.21. The lowest BCUT2D eigenvalue weighted by Gasteiger charge is -2.06. The lowest BCUT2D eigenvalue weighted by atomic mass is 10.2. The van der Waals surface area contributed by atoms with Gasteiger partial charge in [0.25, 0.3) is 0 Å². The van der Waals surface area contributed by atoms with Crippen molar-refractivity contribution in [2.24, 2.45) is 0 Å². The zero-order valence-electron chi connectivity index (χ0n) is 8.17. The van der Waals surface area contributed by atoms with Crippen LogP contribution in [0.4, 0.5) is 10.5 Å². The van der Waals surface area contributed by atoms with Gasteiger partial charge in [0.05, 0.1) is 5.56 Å². The molecule has 0 fully saturated rings. The number of nitriles is 1. The van der Waals surface area contributed by atoms with Crippen molar-refractivity contribution in [2.45, 2.75) is 6.92 Å². The Morgan fingerprint density at radius 2 is 2.33 bits per heavy atom. The molecule has 0 spiro atoms. The number of urea groups is 1. The third-order valence-corrected chi connectivity index (χ3v) is 2.37. The van der Waals surface area contributed by atoms with Crippen molar-refractivity contribution in [1.29, 1.82) is 5.26 Å². The average Bonchev–Trinajstić information content (AvgIpc) is 2.21. The lowest BCUT2D eigenvalue weighted by Crippen LogP contribution is -2.28. The van der Waals surface area contributed by atoms with Crippen molar-refractivity contribution in [3.05, 3.63) is 28.2 Å². The molecular formula is C10H10BrN3O. The van der Waals surface area contributed by atoms with E-state index in [2.05, 4.69) is 26.6 Å². The van der Waals surface area contributed by atoms with Gasteiger partial charge in [-0.2, -0.15) is 5.26 Å². The molecular weight excluding hydrogens is 258 g/mol. The number of nitrogens with one attached hydrogen (secondary N) is 2. The highest BCUT2D eigenvalue weighted by molar-refractivity contribution is 9.10. The van der Waals surface area contributed by atoms with E-state index in [0.717, 1.165) is 0 Å². The van der Waals surface area contributed by atoms with Crippen molar-refractivity contribution in [1.82, 2.24) is 5.32 Å². The summed E-state index contributed by atoms with van der Waals surface area (Å²) in [6.07, 6.45) is 0. The molecule has 0 aromatic heterocycles. The van der Waals surface area contributed by atoms with Crippen LogP contribution in [0.2, 0.25) is 0 Å². The minimum absolute atomic E-state index is 0.274. The standard InChI is InChI=1S/C10H10BrN3O/c1-2-13-10(15)14-8-3-4-9(11)7(5-8)6-12/h3-5H,2H2,1H3,(H2,13,14,15). The number of anilines is 1. The second kappa shape index (κ2) is 5.37. The van der Waals surface area contributed by atoms with Crippen LogP contribution in [-0.4, -0.2) is 12.6 Å². The fraction of sp³-hybridized carbons (Fsp3) is 0.200. The number of benzene rings is 1. The van der Waals surface area contributed by atoms with Crippen molar-refractivity contribution in [3.8, 4) is 6.07 Å². The fourth-order valence-corrected chi connectivity index (χ4v) is 1.36. The van der Waals surface area contributed by atoms with Gasteiger partial charge in [-0.05, 0) is 41.1 Å². The monoisotopic (exact) mass is 267 g/mol. The summed E-state index contributed by atoms with van der Waals surface area (Å²) in [7, 11) is 0. The Morgan fingerprint density at radius 1 is 1.60 bits per heavy atom. The Labute approximate surface area is 96.4 Å². The number of hydrogen-bond acceptors (Lipinski definition) is 2. The molecule has 78 valence electrons. The first-order valence-electron chi connectivity index (χ1n) is 4.42. The van der Waals surface area contributed by atoms with E-state index in [4.69, 9.17) is 5.26 Å². The largest absolute Gasteiger partial charge is 0.338 e. The smallest absolute Gasteiger partial charge is 0.319 e. The van der Waals surface area contributed by atoms with Crippen molar-refractivity contribution in [2.75, 3.05) is 11.9 Å². The van der Waals surface area contributed by atoms with Crippen molar-refractivity contribution >= 4 is 27.6 Å². The third-order valence-electron chi connectivity index (χ3n) is 1.68. The quantitative estimate of drug-likeness (QED) is 0.865. The number of carbonyl (C=O) groups excluding carboxylic acids is 1. The van der Waals surface area contributed by atoms with Crippen LogP contribution in [-0.2, 0) is 0 Å². The van der Waals surface area contributed by atoms with E-state index in [1.54, 1.807) is 18.2 Å². The fourth-order valence-electron chi connectivity index (χ4n) is 1.02. The maximum Gasteiger partial charge on any atom is 0.319 e. The molecule has 2 N–H and O–H groups in total. The van der Waals surface area contributed by atoms with Gasteiger partial charge in [-0.15, -0.1) is 0 Å². The molecule has 0 unspecified atom stereocenters. The normalized spacial score (nSPS) is 9.13. The van der Waals surface area contributed by atoms with E-state index in [1.165, 1.54) is 0 Å². The molecule has 0 saturated heterocycles. The number of rotatable bonds is 2. The third kappa shape index (κ3) is 3.26. The van der Waals surface area contributed by atoms with Crippen LogP contribution in [0, 0.1) is 11.3 Å². The van der Waals surface area contributed by atoms with Gasteiger partial charge >= 0.3 is 6.03 Å². The molecule has 2 amide bonds. The van der Waals surface area contributed by atoms with Gasteiger partial charge in [0, 0.05) is 16.7 Å². The molecule has 0 atom stereocenters. The maximum absolute atomic E-state index is 11.2. The van der Waals surface area contributed by atoms with Crippen LogP contribution < -0.4 is 10.6 Å². The predicted molar refractivity (Wildman–Crippen MR) is 61.6 cm³/mol. The van der Waals surface area contributed by atoms with Crippen LogP contribution >= 0.6 is 15.9 Å². The number of carbonyl (C=O) groups is 1. The Hall–Kier alpha value is -1.54. The zero-order chi connectivity index (χ0) is 11.3. The number of halogens is 1. The summed E-state index contributed by atoms with van der Waals surface area (Å²) in [6, 6.07) is 6.80. The summed E-state index contributed by atoms with van der Waals surface area (Å²) >= 11 is 3.24. The first-order chi connectivity index (χ1) is 7.17. The summed E-state index contributed by atoms with van der Waals surface area (Å²) in [5.41, 5.74) is 1.09. The molecule has 0 aliphatic heterocycles. The molecule has 0 radical (unpaired) electrons. The van der Waals surface area contributed by atoms with E-state index < -0.39 is 0 Å². The summed E-state index contributed by atoms with van der Waals surface area (Å²) in [6.45, 7) is 2.40. The topological polar surface area (TPSA) is 64.9 Å². The molecule has 0 heterocycles. The van der Waals surface area contributed by atoms with E-state index in [-0.39, 0.29) is 6.03 Å². The second-order valence-corrected chi connectivity index (χ2v) is 3.65. The van der Waals surface area contributed by atoms with Gasteiger partial charge in [-0.25, -0.2) is 4.79 Å². The summed E-state index contributed by atoms with van der Waals surface area (Å²) in [5.74, 6) is 0. The highest BCUT2D eigenvalue weighted by Crippen LogP contribution is 2.19. The van der Waals surface area contributed by atoms with Crippen LogP contribution in [0.25, 0.3) is 0 Å². The Kier molecular flexibility index (Phi) is 4.13. The average molecular weight is 268 g/mol. The van der Waals surface area contributed by atoms with E-state index in [1.807, 2.05) is 13.0 Å².